The van der Waals surface area contributed by atoms with Gasteiger partial charge in [-0.3, -0.25) is 15.6 Å². The molecule has 0 aliphatic rings. The van der Waals surface area contributed by atoms with Gasteiger partial charge < -0.3 is 11.2 Å². The van der Waals surface area contributed by atoms with E-state index in [1.165, 1.54) is 6.33 Å². The molecule has 0 radical (unpaired) electrons. The molecule has 0 spiro atoms. The smallest absolute Gasteiger partial charge is 0.242 e. The molecule has 0 atom stereocenters. The summed E-state index contributed by atoms with van der Waals surface area (Å²) >= 11 is 0. The SMILES string of the molecule is CC(C)(C)NNc1ncnc(NNC(=O)Cc2ccccc2)c1N. The van der Waals surface area contributed by atoms with Gasteiger partial charge in [-0.05, 0) is 26.3 Å². The zero-order valence-corrected chi connectivity index (χ0v) is 14.1. The molecule has 6 N–H and O–H groups in total. The molecule has 0 aliphatic heterocycles. The maximum atomic E-state index is 12.0. The summed E-state index contributed by atoms with van der Waals surface area (Å²) < 4.78 is 0. The Labute approximate surface area is 141 Å². The van der Waals surface area contributed by atoms with Crippen molar-refractivity contribution in [3.05, 3.63) is 42.2 Å². The van der Waals surface area contributed by atoms with Crippen LogP contribution in [0.25, 0.3) is 0 Å². The van der Waals surface area contributed by atoms with Crippen molar-refractivity contribution in [2.75, 3.05) is 16.6 Å². The molecular weight excluding hydrogens is 306 g/mol. The van der Waals surface area contributed by atoms with E-state index in [-0.39, 0.29) is 17.9 Å². The molecule has 0 fully saturated rings. The Kier molecular flexibility index (Phi) is 5.54. The monoisotopic (exact) mass is 329 g/mol. The number of nitrogens with one attached hydrogen (secondary N) is 4. The first kappa shape index (κ1) is 17.5. The van der Waals surface area contributed by atoms with Crippen molar-refractivity contribution in [2.45, 2.75) is 32.7 Å². The lowest BCUT2D eigenvalue weighted by atomic mass is 10.1. The quantitative estimate of drug-likeness (QED) is 0.509. The van der Waals surface area contributed by atoms with Crippen molar-refractivity contribution in [1.29, 1.82) is 0 Å². The fraction of sp³-hybridized carbons (Fsp3) is 0.312. The molecule has 8 heteroatoms. The van der Waals surface area contributed by atoms with Crippen molar-refractivity contribution < 1.29 is 4.79 Å². The van der Waals surface area contributed by atoms with Gasteiger partial charge in [0, 0.05) is 5.54 Å². The van der Waals surface area contributed by atoms with Crippen molar-refractivity contribution in [2.24, 2.45) is 0 Å². The molecule has 1 amide bonds. The molecule has 24 heavy (non-hydrogen) atoms. The Morgan fingerprint density at radius 3 is 2.33 bits per heavy atom. The first-order valence-electron chi connectivity index (χ1n) is 7.57. The molecule has 128 valence electrons. The van der Waals surface area contributed by atoms with Gasteiger partial charge in [-0.1, -0.05) is 30.3 Å². The van der Waals surface area contributed by atoms with Gasteiger partial charge in [-0.2, -0.15) is 0 Å². The minimum Gasteiger partial charge on any atom is -0.393 e. The van der Waals surface area contributed by atoms with Crippen LogP contribution in [0.2, 0.25) is 0 Å². The Morgan fingerprint density at radius 1 is 1.08 bits per heavy atom. The molecule has 0 unspecified atom stereocenters. The van der Waals surface area contributed by atoms with Crippen molar-refractivity contribution in [1.82, 2.24) is 20.8 Å². The van der Waals surface area contributed by atoms with Crippen molar-refractivity contribution >= 4 is 23.2 Å². The Morgan fingerprint density at radius 2 is 1.71 bits per heavy atom. The van der Waals surface area contributed by atoms with Gasteiger partial charge >= 0.3 is 0 Å². The third-order valence-corrected chi connectivity index (χ3v) is 2.97. The van der Waals surface area contributed by atoms with E-state index in [2.05, 4.69) is 31.7 Å². The van der Waals surface area contributed by atoms with Gasteiger partial charge in [0.05, 0.1) is 6.42 Å². The fourth-order valence-corrected chi connectivity index (χ4v) is 1.80. The average Bonchev–Trinajstić information content (AvgIpc) is 2.53. The molecule has 0 saturated heterocycles. The van der Waals surface area contributed by atoms with Crippen LogP contribution < -0.4 is 27.4 Å². The predicted octanol–water partition coefficient (Wildman–Crippen LogP) is 1.46. The second-order valence-corrected chi connectivity index (χ2v) is 6.32. The largest absolute Gasteiger partial charge is 0.393 e. The van der Waals surface area contributed by atoms with Crippen LogP contribution in [0.1, 0.15) is 26.3 Å². The highest BCUT2D eigenvalue weighted by molar-refractivity contribution is 5.81. The number of anilines is 3. The first-order valence-corrected chi connectivity index (χ1v) is 7.57. The predicted molar refractivity (Wildman–Crippen MR) is 94.9 cm³/mol. The van der Waals surface area contributed by atoms with Gasteiger partial charge in [-0.25, -0.2) is 15.4 Å². The van der Waals surface area contributed by atoms with E-state index in [1.54, 1.807) is 0 Å². The van der Waals surface area contributed by atoms with E-state index in [1.807, 2.05) is 51.1 Å². The summed E-state index contributed by atoms with van der Waals surface area (Å²) in [5.74, 6) is 0.561. The summed E-state index contributed by atoms with van der Waals surface area (Å²) in [6.45, 7) is 6.00. The normalized spacial score (nSPS) is 11.0. The van der Waals surface area contributed by atoms with Crippen LogP contribution in [-0.4, -0.2) is 21.4 Å². The molecule has 0 saturated carbocycles. The van der Waals surface area contributed by atoms with Crippen LogP contribution in [0.15, 0.2) is 36.7 Å². The number of nitrogen functional groups attached to an aromatic ring is 1. The third-order valence-electron chi connectivity index (χ3n) is 2.97. The maximum absolute atomic E-state index is 12.0. The molecule has 1 aromatic heterocycles. The number of rotatable bonds is 6. The van der Waals surface area contributed by atoms with E-state index in [9.17, 15) is 4.79 Å². The topological polar surface area (TPSA) is 117 Å². The number of hydrazine groups is 2. The number of amides is 1. The first-order chi connectivity index (χ1) is 11.3. The highest BCUT2D eigenvalue weighted by Gasteiger charge is 2.13. The van der Waals surface area contributed by atoms with Crippen LogP contribution in [0.5, 0.6) is 0 Å². The fourth-order valence-electron chi connectivity index (χ4n) is 1.80. The maximum Gasteiger partial charge on any atom is 0.242 e. The summed E-state index contributed by atoms with van der Waals surface area (Å²) in [4.78, 5) is 20.1. The van der Waals surface area contributed by atoms with Crippen LogP contribution in [-0.2, 0) is 11.2 Å². The summed E-state index contributed by atoms with van der Waals surface area (Å²) in [7, 11) is 0. The number of nitrogens with zero attached hydrogens (tertiary/aromatic N) is 2. The molecule has 8 nitrogen and oxygen atoms in total. The van der Waals surface area contributed by atoms with Crippen LogP contribution in [0.4, 0.5) is 17.3 Å². The molecule has 1 heterocycles. The average molecular weight is 329 g/mol. The van der Waals surface area contributed by atoms with E-state index in [0.717, 1.165) is 5.56 Å². The molecule has 0 bridgehead atoms. The lowest BCUT2D eigenvalue weighted by molar-refractivity contribution is -0.119. The van der Waals surface area contributed by atoms with Crippen molar-refractivity contribution in [3.63, 3.8) is 0 Å². The van der Waals surface area contributed by atoms with Gasteiger partial charge in [-0.15, -0.1) is 0 Å². The zero-order chi connectivity index (χ0) is 17.6. The standard InChI is InChI=1S/C16H23N7O/c1-16(2,3)23-22-15-13(17)14(18-10-19-15)21-20-12(24)9-11-7-5-4-6-8-11/h4-8,10,23H,9,17H2,1-3H3,(H,20,24)(H2,18,19,21,22). The number of benzene rings is 1. The lowest BCUT2D eigenvalue weighted by Crippen LogP contribution is -2.40. The molecule has 2 aromatic rings. The molecule has 0 aliphatic carbocycles. The minimum absolute atomic E-state index is 0.158. The van der Waals surface area contributed by atoms with Gasteiger partial charge in [0.15, 0.2) is 11.6 Å². The summed E-state index contributed by atoms with van der Waals surface area (Å²) in [5, 5.41) is 0. The third kappa shape index (κ3) is 5.40. The molecular formula is C16H23N7O. The minimum atomic E-state index is -0.193. The summed E-state index contributed by atoms with van der Waals surface area (Å²) in [6, 6.07) is 9.45. The number of hydrogen-bond acceptors (Lipinski definition) is 7. The number of aromatic nitrogens is 2. The van der Waals surface area contributed by atoms with Crippen molar-refractivity contribution in [3.8, 4) is 0 Å². The highest BCUT2D eigenvalue weighted by atomic mass is 16.2. The van der Waals surface area contributed by atoms with Gasteiger partial charge in [0.25, 0.3) is 0 Å². The number of carbonyl (C=O) groups excluding carboxylic acids is 1. The van der Waals surface area contributed by atoms with E-state index in [4.69, 9.17) is 5.73 Å². The number of carbonyl (C=O) groups is 1. The second-order valence-electron chi connectivity index (χ2n) is 6.32. The highest BCUT2D eigenvalue weighted by Crippen LogP contribution is 2.21. The van der Waals surface area contributed by atoms with Crippen LogP contribution in [0, 0.1) is 0 Å². The van der Waals surface area contributed by atoms with E-state index >= 15 is 0 Å². The lowest BCUT2D eigenvalue weighted by Gasteiger charge is -2.22. The van der Waals surface area contributed by atoms with E-state index < -0.39 is 0 Å². The summed E-state index contributed by atoms with van der Waals surface area (Å²) in [5.41, 5.74) is 18.4. The number of nitrogens with two attached hydrogens (primary N) is 1. The Bertz CT molecular complexity index is 683. The number of hydrogen-bond donors (Lipinski definition) is 5. The zero-order valence-electron chi connectivity index (χ0n) is 14.1. The van der Waals surface area contributed by atoms with Crippen LogP contribution >= 0.6 is 0 Å². The summed E-state index contributed by atoms with van der Waals surface area (Å²) in [6.07, 6.45) is 1.62. The van der Waals surface area contributed by atoms with Gasteiger partial charge in [0.2, 0.25) is 5.91 Å². The second kappa shape index (κ2) is 7.60. The van der Waals surface area contributed by atoms with E-state index in [0.29, 0.717) is 17.3 Å². The van der Waals surface area contributed by atoms with Crippen LogP contribution in [0.3, 0.4) is 0 Å². The Balaban J connectivity index is 1.94. The molecule has 1 aromatic carbocycles. The van der Waals surface area contributed by atoms with Gasteiger partial charge in [0.1, 0.15) is 12.0 Å². The molecule has 2 rings (SSSR count). The Hall–Kier alpha value is -2.87.